The lowest BCUT2D eigenvalue weighted by Gasteiger charge is -2.04. The molecule has 0 aliphatic carbocycles. The molecule has 0 aliphatic rings. The third-order valence-electron chi connectivity index (χ3n) is 2.30. The molecule has 0 aliphatic heterocycles. The fourth-order valence-electron chi connectivity index (χ4n) is 1.42. The number of nitro groups is 1. The number of carbonyl (C=O) groups excluding carboxylic acids is 1. The normalized spacial score (nSPS) is 9.95. The number of aromatic nitrogens is 1. The van der Waals surface area contributed by atoms with E-state index in [0.717, 1.165) is 0 Å². The quantitative estimate of drug-likeness (QED) is 0.690. The minimum Gasteiger partial charge on any atom is -0.320 e. The second kappa shape index (κ2) is 5.45. The second-order valence-corrected chi connectivity index (χ2v) is 4.00. The molecule has 0 radical (unpaired) electrons. The molecule has 0 spiro atoms. The van der Waals surface area contributed by atoms with Gasteiger partial charge >= 0.3 is 0 Å². The van der Waals surface area contributed by atoms with Crippen molar-refractivity contribution >= 4 is 28.9 Å². The predicted molar refractivity (Wildman–Crippen MR) is 70.3 cm³/mol. The Kier molecular flexibility index (Phi) is 3.72. The van der Waals surface area contributed by atoms with E-state index in [9.17, 15) is 14.9 Å². The van der Waals surface area contributed by atoms with Gasteiger partial charge in [0.1, 0.15) is 10.7 Å². The van der Waals surface area contributed by atoms with Crippen molar-refractivity contribution < 1.29 is 9.72 Å². The minimum atomic E-state index is -0.612. The summed E-state index contributed by atoms with van der Waals surface area (Å²) in [4.78, 5) is 25.8. The van der Waals surface area contributed by atoms with E-state index in [0.29, 0.717) is 0 Å². The highest BCUT2D eigenvalue weighted by molar-refractivity contribution is 6.32. The van der Waals surface area contributed by atoms with Crippen LogP contribution in [0.5, 0.6) is 0 Å². The minimum absolute atomic E-state index is 0.0147. The van der Waals surface area contributed by atoms with Crippen LogP contribution >= 0.6 is 11.6 Å². The lowest BCUT2D eigenvalue weighted by molar-refractivity contribution is -0.384. The van der Waals surface area contributed by atoms with Gasteiger partial charge in [-0.1, -0.05) is 17.7 Å². The van der Waals surface area contributed by atoms with Crippen molar-refractivity contribution in [3.8, 4) is 0 Å². The highest BCUT2D eigenvalue weighted by Gasteiger charge is 2.14. The molecule has 19 heavy (non-hydrogen) atoms. The molecule has 2 aromatic rings. The van der Waals surface area contributed by atoms with Crippen LogP contribution in [0.2, 0.25) is 5.02 Å². The van der Waals surface area contributed by atoms with Gasteiger partial charge in [0.15, 0.2) is 0 Å². The summed E-state index contributed by atoms with van der Waals surface area (Å²) in [6.07, 6.45) is 1.49. The molecule has 1 aromatic heterocycles. The Morgan fingerprint density at radius 1 is 1.32 bits per heavy atom. The summed E-state index contributed by atoms with van der Waals surface area (Å²) < 4.78 is 0. The van der Waals surface area contributed by atoms with Gasteiger partial charge in [0.2, 0.25) is 0 Å². The van der Waals surface area contributed by atoms with Crippen LogP contribution in [-0.2, 0) is 0 Å². The number of rotatable bonds is 3. The Labute approximate surface area is 113 Å². The molecule has 1 aromatic carbocycles. The van der Waals surface area contributed by atoms with E-state index in [4.69, 9.17) is 11.6 Å². The van der Waals surface area contributed by atoms with Gasteiger partial charge < -0.3 is 5.32 Å². The maximum atomic E-state index is 11.8. The van der Waals surface area contributed by atoms with Gasteiger partial charge in [-0.3, -0.25) is 19.9 Å². The van der Waals surface area contributed by atoms with Crippen molar-refractivity contribution in [3.05, 3.63) is 63.4 Å². The van der Waals surface area contributed by atoms with Crippen molar-refractivity contribution in [3.63, 3.8) is 0 Å². The average Bonchev–Trinajstić information content (AvgIpc) is 2.41. The van der Waals surface area contributed by atoms with Gasteiger partial charge in [-0.05, 0) is 24.3 Å². The first kappa shape index (κ1) is 13.0. The molecule has 96 valence electrons. The molecule has 2 rings (SSSR count). The van der Waals surface area contributed by atoms with Crippen molar-refractivity contribution in [2.45, 2.75) is 0 Å². The molecular formula is C12H8ClN3O3. The third kappa shape index (κ3) is 3.05. The number of hydrogen-bond acceptors (Lipinski definition) is 4. The number of nitrogens with zero attached hydrogens (tertiary/aromatic N) is 2. The first-order chi connectivity index (χ1) is 9.08. The predicted octanol–water partition coefficient (Wildman–Crippen LogP) is 2.90. The van der Waals surface area contributed by atoms with Crippen molar-refractivity contribution in [2.24, 2.45) is 0 Å². The van der Waals surface area contributed by atoms with Crippen molar-refractivity contribution in [1.29, 1.82) is 0 Å². The van der Waals surface area contributed by atoms with E-state index in [1.807, 2.05) is 0 Å². The summed E-state index contributed by atoms with van der Waals surface area (Å²) >= 11 is 5.68. The van der Waals surface area contributed by atoms with Crippen LogP contribution in [0.3, 0.4) is 0 Å². The Morgan fingerprint density at radius 2 is 2.11 bits per heavy atom. The Balaban J connectivity index is 2.23. The highest BCUT2D eigenvalue weighted by Crippen LogP contribution is 2.27. The number of carbonyl (C=O) groups is 1. The summed E-state index contributed by atoms with van der Waals surface area (Å²) in [5.41, 5.74) is 0.243. The molecule has 0 saturated carbocycles. The van der Waals surface area contributed by atoms with Crippen LogP contribution < -0.4 is 5.32 Å². The van der Waals surface area contributed by atoms with E-state index < -0.39 is 10.8 Å². The van der Waals surface area contributed by atoms with E-state index in [1.54, 1.807) is 18.2 Å². The molecule has 1 heterocycles. The van der Waals surface area contributed by atoms with Crippen LogP contribution in [0.4, 0.5) is 11.4 Å². The molecule has 0 saturated heterocycles. The van der Waals surface area contributed by atoms with E-state index >= 15 is 0 Å². The molecular weight excluding hydrogens is 270 g/mol. The van der Waals surface area contributed by atoms with Gasteiger partial charge in [0.25, 0.3) is 11.6 Å². The van der Waals surface area contributed by atoms with E-state index in [2.05, 4.69) is 10.3 Å². The third-order valence-corrected chi connectivity index (χ3v) is 2.62. The molecule has 0 bridgehead atoms. The number of amides is 1. The molecule has 0 fully saturated rings. The maximum absolute atomic E-state index is 11.8. The molecule has 0 unspecified atom stereocenters. The summed E-state index contributed by atoms with van der Waals surface area (Å²) in [7, 11) is 0. The zero-order valence-electron chi connectivity index (χ0n) is 9.54. The van der Waals surface area contributed by atoms with E-state index in [1.165, 1.54) is 24.4 Å². The smallest absolute Gasteiger partial charge is 0.289 e. The number of pyridine rings is 1. The zero-order chi connectivity index (χ0) is 13.8. The second-order valence-electron chi connectivity index (χ2n) is 3.59. The van der Waals surface area contributed by atoms with E-state index in [-0.39, 0.29) is 22.1 Å². The number of halogens is 1. The van der Waals surface area contributed by atoms with Gasteiger partial charge in [0, 0.05) is 18.0 Å². The zero-order valence-corrected chi connectivity index (χ0v) is 10.3. The van der Waals surface area contributed by atoms with Crippen LogP contribution in [0.1, 0.15) is 10.5 Å². The maximum Gasteiger partial charge on any atom is 0.289 e. The fraction of sp³-hybridized carbons (Fsp3) is 0. The first-order valence-electron chi connectivity index (χ1n) is 5.24. The number of nitro benzene ring substituents is 1. The number of nitrogens with one attached hydrogen (secondary N) is 1. The Morgan fingerprint density at radius 3 is 2.74 bits per heavy atom. The lowest BCUT2D eigenvalue weighted by atomic mass is 10.2. The Bertz CT molecular complexity index is 631. The fourth-order valence-corrected chi connectivity index (χ4v) is 1.61. The van der Waals surface area contributed by atoms with Gasteiger partial charge in [-0.15, -0.1) is 0 Å². The van der Waals surface area contributed by atoms with Crippen LogP contribution in [-0.4, -0.2) is 15.8 Å². The molecule has 1 N–H and O–H groups in total. The molecule has 0 atom stereocenters. The summed E-state index contributed by atoms with van der Waals surface area (Å²) in [6.45, 7) is 0. The lowest BCUT2D eigenvalue weighted by Crippen LogP contribution is -2.13. The van der Waals surface area contributed by atoms with Crippen LogP contribution in [0.15, 0.2) is 42.6 Å². The Hall–Kier alpha value is -2.47. The summed E-state index contributed by atoms with van der Waals surface area (Å²) in [6, 6.07) is 8.93. The number of hydrogen-bond donors (Lipinski definition) is 1. The first-order valence-corrected chi connectivity index (χ1v) is 5.62. The highest BCUT2D eigenvalue weighted by atomic mass is 35.5. The van der Waals surface area contributed by atoms with Gasteiger partial charge in [-0.25, -0.2) is 0 Å². The van der Waals surface area contributed by atoms with Gasteiger partial charge in [0.05, 0.1) is 4.92 Å². The number of anilines is 1. The number of benzene rings is 1. The van der Waals surface area contributed by atoms with Crippen LogP contribution in [0.25, 0.3) is 0 Å². The molecule has 6 nitrogen and oxygen atoms in total. The van der Waals surface area contributed by atoms with Crippen molar-refractivity contribution in [2.75, 3.05) is 5.32 Å². The van der Waals surface area contributed by atoms with Crippen LogP contribution in [0, 0.1) is 10.1 Å². The van der Waals surface area contributed by atoms with Gasteiger partial charge in [-0.2, -0.15) is 0 Å². The summed E-state index contributed by atoms with van der Waals surface area (Å²) in [5, 5.41) is 13.3. The SMILES string of the molecule is O=C(Nc1ccc(Cl)c([N+](=O)[O-])c1)c1ccccn1. The average molecular weight is 278 g/mol. The molecule has 1 amide bonds. The van der Waals surface area contributed by atoms with Crippen molar-refractivity contribution in [1.82, 2.24) is 4.98 Å². The topological polar surface area (TPSA) is 85.1 Å². The largest absolute Gasteiger partial charge is 0.320 e. The summed E-state index contributed by atoms with van der Waals surface area (Å²) in [5.74, 6) is -0.447. The monoisotopic (exact) mass is 277 g/mol. The molecule has 7 heteroatoms. The standard InChI is InChI=1S/C12H8ClN3O3/c13-9-5-4-8(7-11(9)16(18)19)15-12(17)10-3-1-2-6-14-10/h1-7H,(H,15,17).